The highest BCUT2D eigenvalue weighted by Gasteiger charge is 2.26. The molecule has 18 heavy (non-hydrogen) atoms. The highest BCUT2D eigenvalue weighted by molar-refractivity contribution is 14.1. The molecule has 1 aliphatic rings. The Hall–Kier alpha value is -1.10. The third-order valence-corrected chi connectivity index (χ3v) is 4.18. The lowest BCUT2D eigenvalue weighted by Gasteiger charge is -2.09. The van der Waals surface area contributed by atoms with Crippen LogP contribution in [0.25, 0.3) is 10.8 Å². The van der Waals surface area contributed by atoms with Gasteiger partial charge in [-0.15, -0.1) is 0 Å². The molecule has 92 valence electrons. The smallest absolute Gasteiger partial charge is 0.216 e. The van der Waals surface area contributed by atoms with Crippen LogP contribution in [0.5, 0.6) is 0 Å². The summed E-state index contributed by atoms with van der Waals surface area (Å²) < 4.78 is 6.84. The van der Waals surface area contributed by atoms with Crippen LogP contribution >= 0.6 is 22.6 Å². The topological polar surface area (TPSA) is 21.6 Å². The molecule has 0 aromatic heterocycles. The Kier molecular flexibility index (Phi) is 3.24. The van der Waals surface area contributed by atoms with Gasteiger partial charge >= 0.3 is 0 Å². The zero-order valence-electron chi connectivity index (χ0n) is 10.1. The van der Waals surface area contributed by atoms with Crippen LogP contribution in [0.1, 0.15) is 12.5 Å². The fourth-order valence-corrected chi connectivity index (χ4v) is 3.08. The Morgan fingerprint density at radius 3 is 2.67 bits per heavy atom. The lowest BCUT2D eigenvalue weighted by atomic mass is 10.1. The van der Waals surface area contributed by atoms with E-state index in [4.69, 9.17) is 4.74 Å². The Bertz CT molecular complexity index is 608. The van der Waals surface area contributed by atoms with Crippen LogP contribution in [-0.4, -0.2) is 22.5 Å². The number of nitrogens with zero attached hydrogens (tertiary/aromatic N) is 1. The molecule has 3 heteroatoms. The zero-order chi connectivity index (χ0) is 12.5. The van der Waals surface area contributed by atoms with Gasteiger partial charge in [-0.1, -0.05) is 52.9 Å². The van der Waals surface area contributed by atoms with Gasteiger partial charge in [0.2, 0.25) is 5.90 Å². The van der Waals surface area contributed by atoms with Gasteiger partial charge < -0.3 is 4.74 Å². The van der Waals surface area contributed by atoms with E-state index in [1.807, 2.05) is 0 Å². The molecule has 0 saturated carbocycles. The van der Waals surface area contributed by atoms with Crippen molar-refractivity contribution in [3.63, 3.8) is 0 Å². The van der Waals surface area contributed by atoms with Crippen molar-refractivity contribution in [1.29, 1.82) is 0 Å². The summed E-state index contributed by atoms with van der Waals surface area (Å²) in [6.45, 7) is 2.08. The molecule has 2 aromatic rings. The van der Waals surface area contributed by atoms with E-state index in [0.717, 1.165) is 15.9 Å². The predicted octanol–water partition coefficient (Wildman–Crippen LogP) is 3.81. The standard InChI is InChI=1S/C15H14INO/c1-10-14(9-16)17-15(18-10)13-7-6-11-4-2-3-5-12(11)8-13/h2-8,10,14H,9H2,1H3. The quantitative estimate of drug-likeness (QED) is 0.596. The number of ether oxygens (including phenoxy) is 1. The monoisotopic (exact) mass is 351 g/mol. The van der Waals surface area contributed by atoms with Gasteiger partial charge in [0.15, 0.2) is 0 Å². The molecule has 0 amide bonds. The van der Waals surface area contributed by atoms with Gasteiger partial charge in [-0.2, -0.15) is 0 Å². The normalized spacial score (nSPS) is 22.9. The van der Waals surface area contributed by atoms with Crippen LogP contribution in [0.2, 0.25) is 0 Å². The van der Waals surface area contributed by atoms with Crippen molar-refractivity contribution in [2.24, 2.45) is 4.99 Å². The van der Waals surface area contributed by atoms with Gasteiger partial charge in [-0.3, -0.25) is 0 Å². The van der Waals surface area contributed by atoms with Crippen molar-refractivity contribution in [2.45, 2.75) is 19.1 Å². The molecule has 2 aromatic carbocycles. The van der Waals surface area contributed by atoms with E-state index < -0.39 is 0 Å². The number of hydrogen-bond acceptors (Lipinski definition) is 2. The minimum atomic E-state index is 0.184. The second-order valence-electron chi connectivity index (χ2n) is 4.54. The number of fused-ring (bicyclic) bond motifs is 1. The van der Waals surface area contributed by atoms with Crippen LogP contribution in [0.3, 0.4) is 0 Å². The Balaban J connectivity index is 2.00. The van der Waals surface area contributed by atoms with Crippen molar-refractivity contribution < 1.29 is 4.74 Å². The van der Waals surface area contributed by atoms with Gasteiger partial charge in [0, 0.05) is 9.99 Å². The number of hydrogen-bond donors (Lipinski definition) is 0. The molecule has 1 heterocycles. The van der Waals surface area contributed by atoms with Crippen molar-refractivity contribution >= 4 is 39.3 Å². The van der Waals surface area contributed by atoms with Crippen LogP contribution in [0.4, 0.5) is 0 Å². The first kappa shape index (κ1) is 12.0. The van der Waals surface area contributed by atoms with E-state index in [-0.39, 0.29) is 12.1 Å². The van der Waals surface area contributed by atoms with Crippen LogP contribution in [-0.2, 0) is 4.74 Å². The molecular formula is C15H14INO. The molecule has 2 nitrogen and oxygen atoms in total. The molecule has 2 unspecified atom stereocenters. The lowest BCUT2D eigenvalue weighted by Crippen LogP contribution is -2.19. The van der Waals surface area contributed by atoms with E-state index in [9.17, 15) is 0 Å². The average molecular weight is 351 g/mol. The largest absolute Gasteiger partial charge is 0.472 e. The summed E-state index contributed by atoms with van der Waals surface area (Å²) in [5, 5.41) is 2.48. The molecule has 2 atom stereocenters. The maximum Gasteiger partial charge on any atom is 0.216 e. The van der Waals surface area contributed by atoms with E-state index >= 15 is 0 Å². The first-order valence-electron chi connectivity index (χ1n) is 6.07. The molecule has 0 saturated heterocycles. The number of aliphatic imine (C=N–C) groups is 1. The third kappa shape index (κ3) is 2.11. The summed E-state index contributed by atoms with van der Waals surface area (Å²) in [5.41, 5.74) is 1.08. The molecule has 0 aliphatic carbocycles. The number of benzene rings is 2. The second kappa shape index (κ2) is 4.88. The first-order valence-corrected chi connectivity index (χ1v) is 7.60. The van der Waals surface area contributed by atoms with Crippen LogP contribution in [0.15, 0.2) is 47.5 Å². The molecular weight excluding hydrogens is 337 g/mol. The maximum absolute atomic E-state index is 5.84. The minimum absolute atomic E-state index is 0.184. The Morgan fingerprint density at radius 1 is 1.17 bits per heavy atom. The van der Waals surface area contributed by atoms with E-state index in [1.54, 1.807) is 0 Å². The highest BCUT2D eigenvalue weighted by Crippen LogP contribution is 2.22. The highest BCUT2D eigenvalue weighted by atomic mass is 127. The van der Waals surface area contributed by atoms with E-state index in [0.29, 0.717) is 0 Å². The number of halogens is 1. The molecule has 0 N–H and O–H groups in total. The predicted molar refractivity (Wildman–Crippen MR) is 83.7 cm³/mol. The Labute approximate surface area is 120 Å². The first-order chi connectivity index (χ1) is 8.78. The molecule has 0 spiro atoms. The molecule has 0 fully saturated rings. The summed E-state index contributed by atoms with van der Waals surface area (Å²) in [6, 6.07) is 15.0. The molecule has 3 rings (SSSR count). The summed E-state index contributed by atoms with van der Waals surface area (Å²) in [5.74, 6) is 0.787. The second-order valence-corrected chi connectivity index (χ2v) is 5.42. The third-order valence-electron chi connectivity index (χ3n) is 3.28. The van der Waals surface area contributed by atoms with Crippen molar-refractivity contribution in [3.8, 4) is 0 Å². The summed E-state index contributed by atoms with van der Waals surface area (Å²) in [6.07, 6.45) is 0.184. The number of rotatable bonds is 2. The molecule has 1 aliphatic heterocycles. The molecule has 0 bridgehead atoms. The lowest BCUT2D eigenvalue weighted by molar-refractivity contribution is 0.221. The van der Waals surface area contributed by atoms with Gasteiger partial charge in [-0.25, -0.2) is 4.99 Å². The summed E-state index contributed by atoms with van der Waals surface area (Å²) in [4.78, 5) is 4.65. The maximum atomic E-state index is 5.84. The van der Waals surface area contributed by atoms with Crippen molar-refractivity contribution in [3.05, 3.63) is 48.0 Å². The van der Waals surface area contributed by atoms with Crippen LogP contribution < -0.4 is 0 Å². The van der Waals surface area contributed by atoms with E-state index in [1.165, 1.54) is 10.8 Å². The molecule has 0 radical (unpaired) electrons. The van der Waals surface area contributed by atoms with Crippen molar-refractivity contribution in [2.75, 3.05) is 4.43 Å². The Morgan fingerprint density at radius 2 is 1.94 bits per heavy atom. The number of alkyl halides is 1. The van der Waals surface area contributed by atoms with Crippen LogP contribution in [0, 0.1) is 0 Å². The fraction of sp³-hybridized carbons (Fsp3) is 0.267. The van der Waals surface area contributed by atoms with Gasteiger partial charge in [-0.05, 0) is 29.8 Å². The zero-order valence-corrected chi connectivity index (χ0v) is 12.3. The van der Waals surface area contributed by atoms with E-state index in [2.05, 4.69) is 77.0 Å². The van der Waals surface area contributed by atoms with Gasteiger partial charge in [0.1, 0.15) is 6.10 Å². The summed E-state index contributed by atoms with van der Waals surface area (Å²) in [7, 11) is 0. The van der Waals surface area contributed by atoms with Crippen molar-refractivity contribution in [1.82, 2.24) is 0 Å². The van der Waals surface area contributed by atoms with Gasteiger partial charge in [0.05, 0.1) is 6.04 Å². The fourth-order valence-electron chi connectivity index (χ4n) is 2.17. The summed E-state index contributed by atoms with van der Waals surface area (Å²) >= 11 is 2.36. The van der Waals surface area contributed by atoms with Gasteiger partial charge in [0.25, 0.3) is 0 Å². The minimum Gasteiger partial charge on any atom is -0.472 e. The SMILES string of the molecule is CC1OC(c2ccc3ccccc3c2)=NC1CI. The average Bonchev–Trinajstić information content (AvgIpc) is 2.79.